The first-order valence-electron chi connectivity index (χ1n) is 11.2. The van der Waals surface area contributed by atoms with Gasteiger partial charge in [-0.25, -0.2) is 11.4 Å². The summed E-state index contributed by atoms with van der Waals surface area (Å²) in [6.07, 6.45) is 2.87. The molecule has 1 saturated carbocycles. The molecule has 9 heteroatoms. The third kappa shape index (κ3) is 4.41. The normalized spacial score (nSPS) is 19.2. The van der Waals surface area contributed by atoms with E-state index in [0.29, 0.717) is 30.9 Å². The Morgan fingerprint density at radius 2 is 2.09 bits per heavy atom. The summed E-state index contributed by atoms with van der Waals surface area (Å²) in [6.45, 7) is 13.7. The number of benzene rings is 1. The van der Waals surface area contributed by atoms with Gasteiger partial charge in [-0.2, -0.15) is 0 Å². The summed E-state index contributed by atoms with van der Waals surface area (Å²) in [5, 5.41) is 6.89. The molecule has 2 unspecified atom stereocenters. The number of amides is 1. The molecule has 0 radical (unpaired) electrons. The average molecular weight is 439 g/mol. The molecule has 1 aliphatic heterocycles. The van der Waals surface area contributed by atoms with Crippen molar-refractivity contribution < 1.29 is 4.79 Å². The Morgan fingerprint density at radius 1 is 1.31 bits per heavy atom. The fourth-order valence-corrected chi connectivity index (χ4v) is 4.83. The van der Waals surface area contributed by atoms with Gasteiger partial charge in [-0.1, -0.05) is 0 Å². The average Bonchev–Trinajstić information content (AvgIpc) is 3.47. The molecule has 4 rings (SSSR count). The first kappa shape index (κ1) is 22.1. The third-order valence-corrected chi connectivity index (χ3v) is 6.57. The van der Waals surface area contributed by atoms with E-state index in [0.717, 1.165) is 49.1 Å². The minimum absolute atomic E-state index is 0.0644. The third-order valence-electron chi connectivity index (χ3n) is 6.57. The van der Waals surface area contributed by atoms with Crippen LogP contribution in [0.3, 0.4) is 0 Å². The first-order valence-corrected chi connectivity index (χ1v) is 11.2. The van der Waals surface area contributed by atoms with Crippen LogP contribution in [0.15, 0.2) is 21.7 Å². The van der Waals surface area contributed by atoms with Crippen molar-refractivity contribution in [1.29, 1.82) is 0 Å². The van der Waals surface area contributed by atoms with E-state index in [-0.39, 0.29) is 29.2 Å². The molecule has 2 heterocycles. The van der Waals surface area contributed by atoms with Gasteiger partial charge in [0.2, 0.25) is 12.5 Å². The highest BCUT2D eigenvalue weighted by Gasteiger charge is 2.32. The van der Waals surface area contributed by atoms with Gasteiger partial charge in [0.15, 0.2) is 0 Å². The SMILES string of the molecule is [C-]#[N+]CCNC(CNC(C)=O)C1CCN(c2ccc3c(=O)[nH]c(=O)n(C4CC4)c3c2C)C1. The van der Waals surface area contributed by atoms with E-state index >= 15 is 0 Å². The van der Waals surface area contributed by atoms with Crippen molar-refractivity contribution in [2.45, 2.75) is 45.2 Å². The summed E-state index contributed by atoms with van der Waals surface area (Å²) in [7, 11) is 0. The number of nitrogens with zero attached hydrogens (tertiary/aromatic N) is 3. The highest BCUT2D eigenvalue weighted by Crippen LogP contribution is 2.38. The number of hydrogen-bond donors (Lipinski definition) is 3. The Kier molecular flexibility index (Phi) is 6.33. The van der Waals surface area contributed by atoms with Crippen LogP contribution in [0.25, 0.3) is 15.7 Å². The van der Waals surface area contributed by atoms with Gasteiger partial charge in [0, 0.05) is 44.3 Å². The van der Waals surface area contributed by atoms with Gasteiger partial charge in [0.1, 0.15) is 0 Å². The van der Waals surface area contributed by atoms with Crippen molar-refractivity contribution in [1.82, 2.24) is 20.2 Å². The maximum atomic E-state index is 12.5. The standard InChI is InChI=1S/C23H30N6O3/c1-14-20(7-6-18-21(14)29(17-4-5-17)23(32)27-22(18)31)28-11-8-16(13-28)19(12-26-15(2)30)25-10-9-24-3/h6-7,16-17,19,25H,4-5,8-13H2,1-2H3,(H,26,30)(H,27,31,32). The number of fused-ring (bicyclic) bond motifs is 1. The van der Waals surface area contributed by atoms with Gasteiger partial charge < -0.3 is 20.4 Å². The minimum Gasteiger partial charge on any atom is -0.371 e. The summed E-state index contributed by atoms with van der Waals surface area (Å²) in [5.74, 6) is 0.248. The van der Waals surface area contributed by atoms with Crippen LogP contribution in [0.5, 0.6) is 0 Å². The molecule has 1 amide bonds. The van der Waals surface area contributed by atoms with E-state index in [1.54, 1.807) is 4.57 Å². The first-order chi connectivity index (χ1) is 15.4. The Bertz CT molecular complexity index is 1170. The van der Waals surface area contributed by atoms with Crippen LogP contribution in [-0.2, 0) is 4.79 Å². The Labute approximate surface area is 186 Å². The Balaban J connectivity index is 1.61. The molecular formula is C23H30N6O3. The number of hydrogen-bond acceptors (Lipinski definition) is 5. The molecule has 0 bridgehead atoms. The maximum Gasteiger partial charge on any atom is 0.329 e. The molecule has 32 heavy (non-hydrogen) atoms. The predicted molar refractivity (Wildman–Crippen MR) is 124 cm³/mol. The molecule has 2 aliphatic rings. The molecule has 9 nitrogen and oxygen atoms in total. The van der Waals surface area contributed by atoms with Crippen molar-refractivity contribution in [3.8, 4) is 0 Å². The summed E-state index contributed by atoms with van der Waals surface area (Å²) < 4.78 is 1.76. The fourth-order valence-electron chi connectivity index (χ4n) is 4.83. The number of nitrogens with one attached hydrogen (secondary N) is 3. The quantitative estimate of drug-likeness (QED) is 0.424. The number of rotatable bonds is 8. The number of anilines is 1. The van der Waals surface area contributed by atoms with E-state index < -0.39 is 0 Å². The number of carbonyl (C=O) groups excluding carboxylic acids is 1. The minimum atomic E-state index is -0.338. The molecule has 3 N–H and O–H groups in total. The summed E-state index contributed by atoms with van der Waals surface area (Å²) in [4.78, 5) is 44.6. The predicted octanol–water partition coefficient (Wildman–Crippen LogP) is 1.17. The van der Waals surface area contributed by atoms with Crippen LogP contribution in [-0.4, -0.2) is 54.2 Å². The lowest BCUT2D eigenvalue weighted by Crippen LogP contribution is -2.46. The highest BCUT2D eigenvalue weighted by molar-refractivity contribution is 5.87. The van der Waals surface area contributed by atoms with Gasteiger partial charge in [0.25, 0.3) is 5.56 Å². The topological polar surface area (TPSA) is 104 Å². The van der Waals surface area contributed by atoms with E-state index in [1.807, 2.05) is 19.1 Å². The lowest BCUT2D eigenvalue weighted by Gasteiger charge is -2.26. The number of H-pyrrole nitrogens is 1. The molecule has 1 saturated heterocycles. The zero-order valence-electron chi connectivity index (χ0n) is 18.6. The molecular weight excluding hydrogens is 408 g/mol. The largest absolute Gasteiger partial charge is 0.371 e. The molecule has 0 spiro atoms. The van der Waals surface area contributed by atoms with Crippen LogP contribution in [0, 0.1) is 19.4 Å². The Morgan fingerprint density at radius 3 is 2.78 bits per heavy atom. The van der Waals surface area contributed by atoms with E-state index in [9.17, 15) is 14.4 Å². The van der Waals surface area contributed by atoms with Gasteiger partial charge in [0.05, 0.1) is 17.4 Å². The van der Waals surface area contributed by atoms with E-state index in [1.165, 1.54) is 6.92 Å². The van der Waals surface area contributed by atoms with Crippen LogP contribution in [0.4, 0.5) is 5.69 Å². The number of aromatic amines is 1. The second-order valence-corrected chi connectivity index (χ2v) is 8.84. The second kappa shape index (κ2) is 9.17. The maximum absolute atomic E-state index is 12.5. The van der Waals surface area contributed by atoms with E-state index in [2.05, 4.69) is 25.4 Å². The van der Waals surface area contributed by atoms with Gasteiger partial charge >= 0.3 is 5.69 Å². The molecule has 1 aromatic carbocycles. The number of aryl methyl sites for hydroxylation is 1. The second-order valence-electron chi connectivity index (χ2n) is 8.84. The zero-order valence-corrected chi connectivity index (χ0v) is 18.6. The number of aromatic nitrogens is 2. The smallest absolute Gasteiger partial charge is 0.329 e. The van der Waals surface area contributed by atoms with Crippen molar-refractivity contribution in [2.75, 3.05) is 37.6 Å². The van der Waals surface area contributed by atoms with Crippen LogP contribution >= 0.6 is 0 Å². The van der Waals surface area contributed by atoms with E-state index in [4.69, 9.17) is 6.57 Å². The number of carbonyl (C=O) groups is 1. The molecule has 1 aromatic heterocycles. The summed E-state index contributed by atoms with van der Waals surface area (Å²) in [6, 6.07) is 4.05. The molecule has 2 atom stereocenters. The molecule has 170 valence electrons. The fraction of sp³-hybridized carbons (Fsp3) is 0.565. The lowest BCUT2D eigenvalue weighted by atomic mass is 9.98. The van der Waals surface area contributed by atoms with Crippen molar-refractivity contribution in [2.24, 2.45) is 5.92 Å². The molecule has 1 aliphatic carbocycles. The lowest BCUT2D eigenvalue weighted by molar-refractivity contribution is -0.119. The van der Waals surface area contributed by atoms with Crippen LogP contribution < -0.4 is 26.8 Å². The van der Waals surface area contributed by atoms with Gasteiger partial charge in [-0.15, -0.1) is 0 Å². The monoisotopic (exact) mass is 438 g/mol. The Hall–Kier alpha value is -3.12. The van der Waals surface area contributed by atoms with Crippen molar-refractivity contribution >= 4 is 22.5 Å². The van der Waals surface area contributed by atoms with Crippen LogP contribution in [0.2, 0.25) is 0 Å². The van der Waals surface area contributed by atoms with Crippen molar-refractivity contribution in [3.63, 3.8) is 0 Å². The summed E-state index contributed by atoms with van der Waals surface area (Å²) in [5.41, 5.74) is 2.07. The van der Waals surface area contributed by atoms with Gasteiger partial charge in [-0.05, 0) is 49.8 Å². The molecule has 2 fully saturated rings. The van der Waals surface area contributed by atoms with Gasteiger partial charge in [-0.3, -0.25) is 19.1 Å². The molecule has 2 aromatic rings. The highest BCUT2D eigenvalue weighted by atomic mass is 16.2. The van der Waals surface area contributed by atoms with Crippen LogP contribution in [0.1, 0.15) is 37.8 Å². The van der Waals surface area contributed by atoms with Crippen molar-refractivity contribution in [3.05, 3.63) is 50.0 Å². The summed E-state index contributed by atoms with van der Waals surface area (Å²) >= 11 is 0. The zero-order chi connectivity index (χ0) is 22.8.